The molecule has 0 amide bonds. The van der Waals surface area contributed by atoms with Gasteiger partial charge < -0.3 is 5.32 Å². The molecular formula is C14H17N3O2S. The van der Waals surface area contributed by atoms with Crippen LogP contribution in [0.25, 0.3) is 0 Å². The topological polar surface area (TPSA) is 68.1 Å². The third kappa shape index (κ3) is 2.96. The number of anilines is 1. The van der Waals surface area contributed by atoms with Gasteiger partial charge in [0.25, 0.3) is 0 Å². The van der Waals surface area contributed by atoms with Gasteiger partial charge in [0.2, 0.25) is 5.82 Å². The molecule has 0 saturated heterocycles. The van der Waals surface area contributed by atoms with Gasteiger partial charge in [-0.25, -0.2) is 4.98 Å². The molecule has 1 N–H and O–H groups in total. The van der Waals surface area contributed by atoms with Crippen molar-refractivity contribution >= 4 is 22.8 Å². The van der Waals surface area contributed by atoms with Gasteiger partial charge in [-0.05, 0) is 45.4 Å². The van der Waals surface area contributed by atoms with Gasteiger partial charge in [-0.3, -0.25) is 10.1 Å². The number of hydrogen-bond acceptors (Lipinski definition) is 5. The molecule has 2 aromatic rings. The van der Waals surface area contributed by atoms with Gasteiger partial charge in [-0.15, -0.1) is 11.3 Å². The largest absolute Gasteiger partial charge is 0.358 e. The average Bonchev–Trinajstić information content (AvgIpc) is 2.68. The molecule has 0 aliphatic carbocycles. The van der Waals surface area contributed by atoms with Crippen LogP contribution in [0.2, 0.25) is 0 Å². The first-order chi connectivity index (χ1) is 9.38. The minimum absolute atomic E-state index is 0.00653. The van der Waals surface area contributed by atoms with Crippen LogP contribution in [0.4, 0.5) is 11.5 Å². The van der Waals surface area contributed by atoms with Crippen molar-refractivity contribution in [2.45, 2.75) is 33.7 Å². The lowest BCUT2D eigenvalue weighted by Crippen LogP contribution is -2.10. The van der Waals surface area contributed by atoms with Gasteiger partial charge in [-0.2, -0.15) is 0 Å². The Labute approximate surface area is 121 Å². The van der Waals surface area contributed by atoms with Gasteiger partial charge in [0.1, 0.15) is 0 Å². The number of nitrogens with zero attached hydrogens (tertiary/aromatic N) is 2. The van der Waals surface area contributed by atoms with E-state index in [0.717, 1.165) is 11.3 Å². The Balaban J connectivity index is 2.32. The summed E-state index contributed by atoms with van der Waals surface area (Å²) < 4.78 is 0. The van der Waals surface area contributed by atoms with Gasteiger partial charge in [0, 0.05) is 21.5 Å². The quantitative estimate of drug-likeness (QED) is 0.678. The number of nitrogens with one attached hydrogen (secondary N) is 1. The monoisotopic (exact) mass is 291 g/mol. The number of pyridine rings is 1. The lowest BCUT2D eigenvalue weighted by Gasteiger charge is -2.15. The van der Waals surface area contributed by atoms with Crippen LogP contribution in [0.15, 0.2) is 18.2 Å². The van der Waals surface area contributed by atoms with Crippen LogP contribution in [-0.4, -0.2) is 9.91 Å². The van der Waals surface area contributed by atoms with Crippen molar-refractivity contribution in [3.05, 3.63) is 49.3 Å². The lowest BCUT2D eigenvalue weighted by atomic mass is 10.1. The van der Waals surface area contributed by atoms with E-state index in [-0.39, 0.29) is 11.7 Å². The van der Waals surface area contributed by atoms with Crippen molar-refractivity contribution in [2.75, 3.05) is 5.32 Å². The van der Waals surface area contributed by atoms with E-state index in [2.05, 4.69) is 30.2 Å². The summed E-state index contributed by atoms with van der Waals surface area (Å²) in [5.74, 6) is 0.325. The van der Waals surface area contributed by atoms with E-state index in [1.54, 1.807) is 17.4 Å². The molecule has 2 heterocycles. The van der Waals surface area contributed by atoms with Crippen LogP contribution in [0.1, 0.15) is 34.0 Å². The normalized spacial score (nSPS) is 12.2. The molecule has 0 aliphatic heterocycles. The Bertz CT molecular complexity index is 652. The number of aromatic nitrogens is 1. The predicted octanol–water partition coefficient (Wildman–Crippen LogP) is 4.15. The number of aryl methyl sites for hydroxylation is 3. The summed E-state index contributed by atoms with van der Waals surface area (Å²) in [6, 6.07) is 5.23. The molecule has 20 heavy (non-hydrogen) atoms. The maximum Gasteiger partial charge on any atom is 0.311 e. The molecule has 6 heteroatoms. The fourth-order valence-corrected chi connectivity index (χ4v) is 3.19. The first-order valence-corrected chi connectivity index (χ1v) is 7.15. The van der Waals surface area contributed by atoms with Crippen LogP contribution in [-0.2, 0) is 0 Å². The second-order valence-electron chi connectivity index (χ2n) is 4.81. The smallest absolute Gasteiger partial charge is 0.311 e. The molecule has 2 rings (SSSR count). The molecule has 0 saturated carbocycles. The zero-order valence-corrected chi connectivity index (χ0v) is 12.7. The predicted molar refractivity (Wildman–Crippen MR) is 81.5 cm³/mol. The van der Waals surface area contributed by atoms with E-state index >= 15 is 0 Å². The molecule has 0 aliphatic rings. The highest BCUT2D eigenvalue weighted by Gasteiger charge is 2.19. The first-order valence-electron chi connectivity index (χ1n) is 6.34. The Morgan fingerprint density at radius 3 is 2.60 bits per heavy atom. The summed E-state index contributed by atoms with van der Waals surface area (Å²) >= 11 is 1.73. The summed E-state index contributed by atoms with van der Waals surface area (Å²) in [6.45, 7) is 7.92. The highest BCUT2D eigenvalue weighted by atomic mass is 32.1. The summed E-state index contributed by atoms with van der Waals surface area (Å²) in [6.07, 6.45) is 0. The zero-order valence-electron chi connectivity index (χ0n) is 11.9. The van der Waals surface area contributed by atoms with E-state index in [9.17, 15) is 10.1 Å². The van der Waals surface area contributed by atoms with E-state index in [0.29, 0.717) is 5.82 Å². The third-order valence-electron chi connectivity index (χ3n) is 3.11. The molecule has 1 unspecified atom stereocenters. The van der Waals surface area contributed by atoms with Crippen molar-refractivity contribution in [2.24, 2.45) is 0 Å². The average molecular weight is 291 g/mol. The number of hydrogen-bond donors (Lipinski definition) is 1. The van der Waals surface area contributed by atoms with Crippen LogP contribution < -0.4 is 5.32 Å². The maximum absolute atomic E-state index is 11.0. The fourth-order valence-electron chi connectivity index (χ4n) is 2.17. The third-order valence-corrected chi connectivity index (χ3v) is 4.09. The molecule has 0 aromatic carbocycles. The van der Waals surface area contributed by atoms with Crippen LogP contribution in [0, 0.1) is 30.9 Å². The summed E-state index contributed by atoms with van der Waals surface area (Å²) in [5, 5.41) is 14.2. The standard InChI is InChI=1S/C14H17N3O2S/c1-8-5-6-13(17(18)19)14(15-8)16-10(3)12-7-9(2)20-11(12)4/h5-7,10H,1-4H3,(H,15,16). The first kappa shape index (κ1) is 14.5. The Morgan fingerprint density at radius 2 is 2.05 bits per heavy atom. The summed E-state index contributed by atoms with van der Waals surface area (Å²) in [7, 11) is 0. The van der Waals surface area contributed by atoms with Crippen molar-refractivity contribution in [3.63, 3.8) is 0 Å². The van der Waals surface area contributed by atoms with Crippen molar-refractivity contribution < 1.29 is 4.92 Å². The lowest BCUT2D eigenvalue weighted by molar-refractivity contribution is -0.384. The van der Waals surface area contributed by atoms with Gasteiger partial charge >= 0.3 is 5.69 Å². The SMILES string of the molecule is Cc1ccc([N+](=O)[O-])c(NC(C)c2cc(C)sc2C)n1. The molecule has 0 spiro atoms. The van der Waals surface area contributed by atoms with E-state index in [1.165, 1.54) is 15.8 Å². The van der Waals surface area contributed by atoms with Crippen molar-refractivity contribution in [1.29, 1.82) is 0 Å². The second kappa shape index (κ2) is 5.58. The number of rotatable bonds is 4. The second-order valence-corrected chi connectivity index (χ2v) is 6.27. The minimum atomic E-state index is -0.410. The Hall–Kier alpha value is -1.95. The van der Waals surface area contributed by atoms with Gasteiger partial charge in [0.15, 0.2) is 0 Å². The molecular weight excluding hydrogens is 274 g/mol. The van der Waals surface area contributed by atoms with E-state index < -0.39 is 4.92 Å². The zero-order chi connectivity index (χ0) is 14.9. The maximum atomic E-state index is 11.0. The molecule has 0 bridgehead atoms. The van der Waals surface area contributed by atoms with Crippen molar-refractivity contribution in [3.8, 4) is 0 Å². The minimum Gasteiger partial charge on any atom is -0.358 e. The fraction of sp³-hybridized carbons (Fsp3) is 0.357. The molecule has 1 atom stereocenters. The molecule has 2 aromatic heterocycles. The van der Waals surface area contributed by atoms with Crippen molar-refractivity contribution in [1.82, 2.24) is 4.98 Å². The molecule has 0 radical (unpaired) electrons. The molecule has 106 valence electrons. The summed E-state index contributed by atoms with van der Waals surface area (Å²) in [5.41, 5.74) is 1.92. The molecule has 0 fully saturated rings. The highest BCUT2D eigenvalue weighted by molar-refractivity contribution is 7.12. The van der Waals surface area contributed by atoms with Gasteiger partial charge in [0.05, 0.1) is 11.0 Å². The Kier molecular flexibility index (Phi) is 4.04. The van der Waals surface area contributed by atoms with Crippen LogP contribution in [0.5, 0.6) is 0 Å². The van der Waals surface area contributed by atoms with E-state index in [4.69, 9.17) is 0 Å². The number of nitro groups is 1. The molecule has 5 nitrogen and oxygen atoms in total. The summed E-state index contributed by atoms with van der Waals surface area (Å²) in [4.78, 5) is 17.3. The number of thiophene rings is 1. The van der Waals surface area contributed by atoms with E-state index in [1.807, 2.05) is 13.8 Å². The van der Waals surface area contributed by atoms with Gasteiger partial charge in [-0.1, -0.05) is 0 Å². The highest BCUT2D eigenvalue weighted by Crippen LogP contribution is 2.31. The van der Waals surface area contributed by atoms with Crippen LogP contribution in [0.3, 0.4) is 0 Å². The van der Waals surface area contributed by atoms with Crippen LogP contribution >= 0.6 is 11.3 Å². The Morgan fingerprint density at radius 1 is 1.35 bits per heavy atom.